The number of nitrogens with zero attached hydrogens (tertiary/aromatic N) is 5. The van der Waals surface area contributed by atoms with Crippen LogP contribution in [-0.4, -0.2) is 25.2 Å². The van der Waals surface area contributed by atoms with Gasteiger partial charge in [0.15, 0.2) is 11.2 Å². The van der Waals surface area contributed by atoms with Gasteiger partial charge in [0, 0.05) is 26.7 Å². The number of imidazole rings is 1. The number of hydrogen-bond donors (Lipinski definition) is 0. The minimum Gasteiger partial charge on any atom is -0.467 e. The fourth-order valence-corrected chi connectivity index (χ4v) is 3.46. The van der Waals surface area contributed by atoms with Crippen LogP contribution in [0, 0.1) is 5.92 Å². The van der Waals surface area contributed by atoms with Gasteiger partial charge in [-0.1, -0.05) is 13.8 Å². The van der Waals surface area contributed by atoms with Crippen molar-refractivity contribution in [3.63, 3.8) is 0 Å². The largest absolute Gasteiger partial charge is 0.467 e. The summed E-state index contributed by atoms with van der Waals surface area (Å²) in [5.41, 5.74) is 0.396. The minimum atomic E-state index is -0.308. The maximum absolute atomic E-state index is 13.0. The van der Waals surface area contributed by atoms with Crippen molar-refractivity contribution in [2.75, 3.05) is 11.4 Å². The molecule has 0 aromatic carbocycles. The Balaban J connectivity index is 1.82. The van der Waals surface area contributed by atoms with Gasteiger partial charge in [0.05, 0.1) is 12.8 Å². The molecule has 1 aliphatic rings. The van der Waals surface area contributed by atoms with Gasteiger partial charge in [-0.25, -0.2) is 4.79 Å². The second-order valence-corrected chi connectivity index (χ2v) is 7.22. The highest BCUT2D eigenvalue weighted by Crippen LogP contribution is 2.26. The third-order valence-electron chi connectivity index (χ3n) is 4.95. The normalized spacial score (nSPS) is 13.9. The molecule has 0 spiro atoms. The molecule has 26 heavy (non-hydrogen) atoms. The molecule has 3 aromatic heterocycles. The van der Waals surface area contributed by atoms with Crippen LogP contribution in [0.1, 0.15) is 26.0 Å². The molecule has 0 aliphatic carbocycles. The lowest BCUT2D eigenvalue weighted by molar-refractivity contribution is 0.487. The van der Waals surface area contributed by atoms with Gasteiger partial charge in [0.1, 0.15) is 5.76 Å². The molecule has 0 atom stereocenters. The van der Waals surface area contributed by atoms with Crippen molar-refractivity contribution in [2.24, 2.45) is 13.0 Å². The van der Waals surface area contributed by atoms with Crippen LogP contribution in [-0.2, 0) is 26.7 Å². The first-order chi connectivity index (χ1) is 12.5. The molecule has 8 nitrogen and oxygen atoms in total. The molecule has 8 heteroatoms. The number of anilines is 1. The van der Waals surface area contributed by atoms with E-state index in [0.717, 1.165) is 18.7 Å². The molecule has 0 N–H and O–H groups in total. The summed E-state index contributed by atoms with van der Waals surface area (Å²) < 4.78 is 10.2. The van der Waals surface area contributed by atoms with Crippen molar-refractivity contribution >= 4 is 17.1 Å². The van der Waals surface area contributed by atoms with Crippen LogP contribution < -0.4 is 16.1 Å². The van der Waals surface area contributed by atoms with E-state index in [0.29, 0.717) is 42.7 Å². The van der Waals surface area contributed by atoms with E-state index in [-0.39, 0.29) is 11.2 Å². The summed E-state index contributed by atoms with van der Waals surface area (Å²) >= 11 is 0. The molecule has 4 heterocycles. The molecular weight excluding hydrogens is 334 g/mol. The lowest BCUT2D eigenvalue weighted by Gasteiger charge is -2.13. The molecular formula is C18H23N5O3. The van der Waals surface area contributed by atoms with Crippen molar-refractivity contribution in [3.05, 3.63) is 45.0 Å². The van der Waals surface area contributed by atoms with Crippen molar-refractivity contribution in [2.45, 2.75) is 39.9 Å². The van der Waals surface area contributed by atoms with Gasteiger partial charge in [0.25, 0.3) is 5.56 Å². The highest BCUT2D eigenvalue weighted by Gasteiger charge is 2.28. The Kier molecular flexibility index (Phi) is 3.97. The molecule has 1 aliphatic heterocycles. The molecule has 3 aromatic rings. The third kappa shape index (κ3) is 2.56. The van der Waals surface area contributed by atoms with E-state index in [4.69, 9.17) is 4.42 Å². The number of rotatable bonds is 5. The van der Waals surface area contributed by atoms with Crippen LogP contribution in [0.3, 0.4) is 0 Å². The fourth-order valence-electron chi connectivity index (χ4n) is 3.46. The van der Waals surface area contributed by atoms with Crippen LogP contribution in [0.4, 0.5) is 5.95 Å². The number of aryl methyl sites for hydroxylation is 1. The Hall–Kier alpha value is -2.77. The van der Waals surface area contributed by atoms with E-state index in [1.54, 1.807) is 13.3 Å². The average molecular weight is 357 g/mol. The zero-order valence-corrected chi connectivity index (χ0v) is 15.3. The molecule has 138 valence electrons. The van der Waals surface area contributed by atoms with E-state index in [2.05, 4.69) is 23.7 Å². The Bertz CT molecular complexity index is 1060. The quantitative estimate of drug-likeness (QED) is 0.692. The summed E-state index contributed by atoms with van der Waals surface area (Å²) in [4.78, 5) is 32.3. The molecule has 4 rings (SSSR count). The van der Waals surface area contributed by atoms with Crippen LogP contribution in [0.2, 0.25) is 0 Å². The summed E-state index contributed by atoms with van der Waals surface area (Å²) in [5.74, 6) is 1.97. The smallest absolute Gasteiger partial charge is 0.332 e. The number of furan rings is 1. The lowest BCUT2D eigenvalue weighted by Crippen LogP contribution is -2.40. The van der Waals surface area contributed by atoms with Gasteiger partial charge in [-0.15, -0.1) is 0 Å². The van der Waals surface area contributed by atoms with Crippen molar-refractivity contribution in [3.8, 4) is 0 Å². The lowest BCUT2D eigenvalue weighted by atomic mass is 10.1. The predicted octanol–water partition coefficient (Wildman–Crippen LogP) is 1.56. The zero-order chi connectivity index (χ0) is 18.4. The Morgan fingerprint density at radius 3 is 2.77 bits per heavy atom. The molecule has 0 saturated carbocycles. The van der Waals surface area contributed by atoms with Gasteiger partial charge in [0.2, 0.25) is 5.95 Å². The average Bonchev–Trinajstić information content (AvgIpc) is 3.30. The van der Waals surface area contributed by atoms with Gasteiger partial charge in [-0.05, 0) is 24.5 Å². The van der Waals surface area contributed by atoms with E-state index in [9.17, 15) is 9.59 Å². The Morgan fingerprint density at radius 2 is 2.08 bits per heavy atom. The standard InChI is InChI=1S/C18H23N5O3/c1-12(2)6-7-23-16(24)14-15(20(3)18(23)25)19-17-21(8-9-22(14)17)11-13-5-4-10-26-13/h4-5,10,12H,6-9,11H2,1-3H3. The predicted molar refractivity (Wildman–Crippen MR) is 98.4 cm³/mol. The van der Waals surface area contributed by atoms with Gasteiger partial charge in [-0.2, -0.15) is 4.98 Å². The van der Waals surface area contributed by atoms with E-state index < -0.39 is 0 Å². The molecule has 0 unspecified atom stereocenters. The number of aromatic nitrogens is 4. The second-order valence-electron chi connectivity index (χ2n) is 7.22. The Morgan fingerprint density at radius 1 is 1.27 bits per heavy atom. The highest BCUT2D eigenvalue weighted by molar-refractivity contribution is 5.75. The summed E-state index contributed by atoms with van der Waals surface area (Å²) in [5, 5.41) is 0. The van der Waals surface area contributed by atoms with Crippen LogP contribution in [0.15, 0.2) is 32.4 Å². The topological polar surface area (TPSA) is 78.2 Å². The highest BCUT2D eigenvalue weighted by atomic mass is 16.3. The summed E-state index contributed by atoms with van der Waals surface area (Å²) in [7, 11) is 1.68. The zero-order valence-electron chi connectivity index (χ0n) is 15.3. The van der Waals surface area contributed by atoms with Gasteiger partial charge < -0.3 is 13.9 Å². The first-order valence-corrected chi connectivity index (χ1v) is 8.94. The second kappa shape index (κ2) is 6.19. The maximum Gasteiger partial charge on any atom is 0.332 e. The minimum absolute atomic E-state index is 0.248. The number of fused-ring (bicyclic) bond motifs is 3. The van der Waals surface area contributed by atoms with Crippen molar-refractivity contribution < 1.29 is 4.42 Å². The van der Waals surface area contributed by atoms with E-state index in [1.165, 1.54) is 9.13 Å². The fraction of sp³-hybridized carbons (Fsp3) is 0.500. The van der Waals surface area contributed by atoms with Crippen LogP contribution in [0.25, 0.3) is 11.2 Å². The van der Waals surface area contributed by atoms with E-state index in [1.807, 2.05) is 16.7 Å². The van der Waals surface area contributed by atoms with Gasteiger partial charge in [-0.3, -0.25) is 13.9 Å². The number of hydrogen-bond acceptors (Lipinski definition) is 5. The van der Waals surface area contributed by atoms with Crippen LogP contribution >= 0.6 is 0 Å². The molecule has 0 fully saturated rings. The maximum atomic E-state index is 13.0. The molecule has 0 amide bonds. The van der Waals surface area contributed by atoms with Crippen molar-refractivity contribution in [1.29, 1.82) is 0 Å². The van der Waals surface area contributed by atoms with Gasteiger partial charge >= 0.3 is 5.69 Å². The monoisotopic (exact) mass is 357 g/mol. The first kappa shape index (κ1) is 16.7. The van der Waals surface area contributed by atoms with Crippen molar-refractivity contribution in [1.82, 2.24) is 18.7 Å². The van der Waals surface area contributed by atoms with E-state index >= 15 is 0 Å². The summed E-state index contributed by atoms with van der Waals surface area (Å²) in [6.45, 7) is 6.60. The summed E-state index contributed by atoms with van der Waals surface area (Å²) in [6.07, 6.45) is 2.43. The molecule has 0 radical (unpaired) electrons. The molecule has 0 bridgehead atoms. The van der Waals surface area contributed by atoms with Crippen LogP contribution in [0.5, 0.6) is 0 Å². The summed E-state index contributed by atoms with van der Waals surface area (Å²) in [6, 6.07) is 3.77. The third-order valence-corrected chi connectivity index (χ3v) is 4.95. The molecule has 0 saturated heterocycles. The Labute approximate surface area is 150 Å². The first-order valence-electron chi connectivity index (χ1n) is 8.94. The SMILES string of the molecule is CC(C)CCn1c(=O)c2c(nc3n2CCN3Cc2ccco2)n(C)c1=O.